The van der Waals surface area contributed by atoms with Gasteiger partial charge in [-0.1, -0.05) is 0 Å². The lowest BCUT2D eigenvalue weighted by atomic mass is 10.0. The third kappa shape index (κ3) is 3.36. The number of hydrogen-bond donors (Lipinski definition) is 2. The molecule has 8 heteroatoms. The molecule has 0 fully saturated rings. The standard InChI is InChI=1S/C11H12F2N2O4/c1-5(11(16)17)6(2)14-9-4-7(12)3-8(13)10(9)15(18)19/h3-6,14H,1-2H3,(H,16,17). The summed E-state index contributed by atoms with van der Waals surface area (Å²) in [4.78, 5) is 20.5. The number of hydrogen-bond acceptors (Lipinski definition) is 4. The van der Waals surface area contributed by atoms with Crippen LogP contribution in [0.25, 0.3) is 0 Å². The van der Waals surface area contributed by atoms with Crippen molar-refractivity contribution in [1.82, 2.24) is 0 Å². The fourth-order valence-electron chi connectivity index (χ4n) is 1.45. The van der Waals surface area contributed by atoms with Crippen molar-refractivity contribution in [2.45, 2.75) is 19.9 Å². The van der Waals surface area contributed by atoms with E-state index in [1.807, 2.05) is 0 Å². The van der Waals surface area contributed by atoms with Gasteiger partial charge in [-0.25, -0.2) is 4.39 Å². The normalized spacial score (nSPS) is 13.7. The Bertz CT molecular complexity index is 522. The SMILES string of the molecule is CC(Nc1cc(F)cc(F)c1[N+](=O)[O-])C(C)C(=O)O. The second-order valence-corrected chi connectivity index (χ2v) is 4.10. The predicted octanol–water partition coefficient (Wildman–Crippen LogP) is 2.39. The molecular weight excluding hydrogens is 262 g/mol. The average molecular weight is 274 g/mol. The Morgan fingerprint density at radius 2 is 2.00 bits per heavy atom. The second kappa shape index (κ2) is 5.59. The first-order chi connectivity index (χ1) is 8.73. The van der Waals surface area contributed by atoms with E-state index < -0.39 is 40.2 Å². The predicted molar refractivity (Wildman–Crippen MR) is 62.9 cm³/mol. The van der Waals surface area contributed by atoms with Gasteiger partial charge in [-0.3, -0.25) is 14.9 Å². The second-order valence-electron chi connectivity index (χ2n) is 4.10. The van der Waals surface area contributed by atoms with Crippen LogP contribution < -0.4 is 5.32 Å². The smallest absolute Gasteiger partial charge is 0.327 e. The first-order valence-corrected chi connectivity index (χ1v) is 5.36. The van der Waals surface area contributed by atoms with Crippen LogP contribution in [-0.2, 0) is 4.79 Å². The van der Waals surface area contributed by atoms with Gasteiger partial charge in [0.05, 0.1) is 10.8 Å². The van der Waals surface area contributed by atoms with Gasteiger partial charge < -0.3 is 10.4 Å². The van der Waals surface area contributed by atoms with Gasteiger partial charge in [-0.15, -0.1) is 0 Å². The number of nitrogens with one attached hydrogen (secondary N) is 1. The molecule has 2 atom stereocenters. The van der Waals surface area contributed by atoms with E-state index in [9.17, 15) is 23.7 Å². The van der Waals surface area contributed by atoms with Crippen molar-refractivity contribution in [3.63, 3.8) is 0 Å². The molecule has 0 saturated heterocycles. The van der Waals surface area contributed by atoms with Crippen molar-refractivity contribution in [2.24, 2.45) is 5.92 Å². The molecule has 0 aromatic heterocycles. The molecule has 1 aromatic rings. The molecule has 0 aliphatic rings. The Labute approximate surface area is 107 Å². The maximum Gasteiger partial charge on any atom is 0.327 e. The molecule has 0 heterocycles. The van der Waals surface area contributed by atoms with E-state index >= 15 is 0 Å². The zero-order chi connectivity index (χ0) is 14.7. The van der Waals surface area contributed by atoms with Gasteiger partial charge in [0.2, 0.25) is 5.82 Å². The number of nitro benzene ring substituents is 1. The lowest BCUT2D eigenvalue weighted by molar-refractivity contribution is -0.386. The van der Waals surface area contributed by atoms with Crippen molar-refractivity contribution in [3.05, 3.63) is 33.9 Å². The van der Waals surface area contributed by atoms with E-state index in [1.54, 1.807) is 0 Å². The van der Waals surface area contributed by atoms with Gasteiger partial charge in [-0.05, 0) is 13.8 Å². The molecule has 19 heavy (non-hydrogen) atoms. The van der Waals surface area contributed by atoms with Crippen LogP contribution in [0.5, 0.6) is 0 Å². The molecule has 0 saturated carbocycles. The molecular formula is C11H12F2N2O4. The highest BCUT2D eigenvalue weighted by atomic mass is 19.1. The van der Waals surface area contributed by atoms with Crippen LogP contribution in [0.4, 0.5) is 20.2 Å². The minimum absolute atomic E-state index is 0.386. The monoisotopic (exact) mass is 274 g/mol. The number of rotatable bonds is 5. The van der Waals surface area contributed by atoms with E-state index in [2.05, 4.69) is 5.32 Å². The van der Waals surface area contributed by atoms with Crippen LogP contribution in [-0.4, -0.2) is 22.0 Å². The Balaban J connectivity index is 3.13. The fraction of sp³-hybridized carbons (Fsp3) is 0.364. The molecule has 0 aliphatic carbocycles. The van der Waals surface area contributed by atoms with Crippen LogP contribution in [0.2, 0.25) is 0 Å². The van der Waals surface area contributed by atoms with Crippen LogP contribution in [0.3, 0.4) is 0 Å². The molecule has 104 valence electrons. The van der Waals surface area contributed by atoms with E-state index in [-0.39, 0.29) is 5.69 Å². The first kappa shape index (κ1) is 14.8. The zero-order valence-electron chi connectivity index (χ0n) is 10.2. The Morgan fingerprint density at radius 3 is 2.47 bits per heavy atom. The van der Waals surface area contributed by atoms with Crippen LogP contribution in [0.15, 0.2) is 12.1 Å². The topological polar surface area (TPSA) is 92.5 Å². The molecule has 2 unspecified atom stereocenters. The third-order valence-corrected chi connectivity index (χ3v) is 2.73. The third-order valence-electron chi connectivity index (χ3n) is 2.73. The number of halogens is 2. The number of carbonyl (C=O) groups is 1. The van der Waals surface area contributed by atoms with E-state index in [0.717, 1.165) is 6.07 Å². The Hall–Kier alpha value is -2.25. The number of carboxylic acid groups (broad SMARTS) is 1. The summed E-state index contributed by atoms with van der Waals surface area (Å²) in [6.45, 7) is 2.83. The van der Waals surface area contributed by atoms with E-state index in [0.29, 0.717) is 6.07 Å². The lowest BCUT2D eigenvalue weighted by Crippen LogP contribution is -2.30. The number of nitrogens with zero attached hydrogens (tertiary/aromatic N) is 1. The summed E-state index contributed by atoms with van der Waals surface area (Å²) in [7, 11) is 0. The van der Waals surface area contributed by atoms with Gasteiger partial charge in [0.1, 0.15) is 11.5 Å². The maximum absolute atomic E-state index is 13.3. The molecule has 0 aliphatic heterocycles. The number of anilines is 1. The summed E-state index contributed by atoms with van der Waals surface area (Å²) in [5.41, 5.74) is -1.30. The minimum atomic E-state index is -1.32. The quantitative estimate of drug-likeness (QED) is 0.635. The average Bonchev–Trinajstić information content (AvgIpc) is 2.25. The van der Waals surface area contributed by atoms with E-state index in [1.165, 1.54) is 13.8 Å². The number of nitro groups is 1. The highest BCUT2D eigenvalue weighted by molar-refractivity contribution is 5.72. The van der Waals surface area contributed by atoms with Gasteiger partial charge >= 0.3 is 11.7 Å². The highest BCUT2D eigenvalue weighted by Crippen LogP contribution is 2.30. The Morgan fingerprint density at radius 1 is 1.42 bits per heavy atom. The van der Waals surface area contributed by atoms with Gasteiger partial charge in [-0.2, -0.15) is 4.39 Å². The molecule has 1 rings (SSSR count). The zero-order valence-corrected chi connectivity index (χ0v) is 10.2. The summed E-state index contributed by atoms with van der Waals surface area (Å²) in [5, 5.41) is 22.0. The van der Waals surface area contributed by atoms with Crippen LogP contribution in [0, 0.1) is 27.7 Å². The van der Waals surface area contributed by atoms with Gasteiger partial charge in [0.25, 0.3) is 0 Å². The molecule has 0 bridgehead atoms. The van der Waals surface area contributed by atoms with Gasteiger partial charge in [0.15, 0.2) is 0 Å². The minimum Gasteiger partial charge on any atom is -0.481 e. The highest BCUT2D eigenvalue weighted by Gasteiger charge is 2.26. The van der Waals surface area contributed by atoms with E-state index in [4.69, 9.17) is 5.11 Å². The molecule has 0 radical (unpaired) electrons. The Kier molecular flexibility index (Phi) is 4.36. The maximum atomic E-state index is 13.3. The van der Waals surface area contributed by atoms with Gasteiger partial charge in [0, 0.05) is 18.2 Å². The van der Waals surface area contributed by atoms with Crippen molar-refractivity contribution < 1.29 is 23.6 Å². The summed E-state index contributed by atoms with van der Waals surface area (Å²) in [6.07, 6.45) is 0. The molecule has 0 amide bonds. The van der Waals surface area contributed by atoms with Crippen LogP contribution >= 0.6 is 0 Å². The molecule has 0 spiro atoms. The fourth-order valence-corrected chi connectivity index (χ4v) is 1.45. The summed E-state index contributed by atoms with van der Waals surface area (Å²) < 4.78 is 26.4. The summed E-state index contributed by atoms with van der Waals surface area (Å²) >= 11 is 0. The number of benzene rings is 1. The molecule has 1 aromatic carbocycles. The summed E-state index contributed by atoms with van der Waals surface area (Å²) in [6, 6.07) is 0.415. The van der Waals surface area contributed by atoms with Crippen molar-refractivity contribution in [1.29, 1.82) is 0 Å². The molecule has 6 nitrogen and oxygen atoms in total. The van der Waals surface area contributed by atoms with Crippen LogP contribution in [0.1, 0.15) is 13.8 Å². The van der Waals surface area contributed by atoms with Crippen molar-refractivity contribution in [2.75, 3.05) is 5.32 Å². The largest absolute Gasteiger partial charge is 0.481 e. The van der Waals surface area contributed by atoms with Crippen molar-refractivity contribution in [3.8, 4) is 0 Å². The number of aliphatic carboxylic acids is 1. The summed E-state index contributed by atoms with van der Waals surface area (Å²) in [5.74, 6) is -4.31. The van der Waals surface area contributed by atoms with Crippen molar-refractivity contribution >= 4 is 17.3 Å². The lowest BCUT2D eigenvalue weighted by Gasteiger charge is -2.19. The first-order valence-electron chi connectivity index (χ1n) is 5.36. The number of carboxylic acids is 1. The molecule has 2 N–H and O–H groups in total.